The van der Waals surface area contributed by atoms with E-state index in [4.69, 9.17) is 0 Å². The van der Waals surface area contributed by atoms with Crippen LogP contribution in [0.4, 0.5) is 0 Å². The number of rotatable bonds is 4. The van der Waals surface area contributed by atoms with Gasteiger partial charge in [-0.2, -0.15) is 0 Å². The summed E-state index contributed by atoms with van der Waals surface area (Å²) in [5.74, 6) is 0. The summed E-state index contributed by atoms with van der Waals surface area (Å²) in [7, 11) is -2.87. The van der Waals surface area contributed by atoms with E-state index in [1.165, 1.54) is 0 Å². The Balaban J connectivity index is 2.36. The third kappa shape index (κ3) is 5.47. The molecule has 3 rings (SSSR count). The van der Waals surface area contributed by atoms with E-state index in [9.17, 15) is 14.4 Å². The maximum absolute atomic E-state index is 13.6. The fourth-order valence-corrected chi connectivity index (χ4v) is 11.1. The van der Waals surface area contributed by atoms with Crippen molar-refractivity contribution in [1.82, 2.24) is 0 Å². The molecule has 35 heavy (non-hydrogen) atoms. The van der Waals surface area contributed by atoms with E-state index < -0.39 is 16.4 Å². The molecule has 0 fully saturated rings. The Morgan fingerprint density at radius 3 is 0.829 bits per heavy atom. The fraction of sp³-hybridized carbons (Fsp3) is 0.400. The van der Waals surface area contributed by atoms with Gasteiger partial charge in [-0.15, -0.1) is 0 Å². The van der Waals surface area contributed by atoms with Crippen LogP contribution in [0.1, 0.15) is 79.0 Å². The molecule has 0 amide bonds. The first-order valence-electron chi connectivity index (χ1n) is 12.1. The zero-order chi connectivity index (χ0) is 26.4. The highest BCUT2D eigenvalue weighted by Crippen LogP contribution is 2.89. The Bertz CT molecular complexity index is 1060. The maximum Gasteiger partial charge on any atom is 0.378 e. The predicted molar refractivity (Wildman–Crippen MR) is 150 cm³/mol. The lowest BCUT2D eigenvalue weighted by Gasteiger charge is -2.41. The molecule has 0 bridgehead atoms. The molecule has 0 aromatic heterocycles. The minimum atomic E-state index is -4.66. The summed E-state index contributed by atoms with van der Waals surface area (Å²) in [6.45, 7) is 14.6. The number of hydrogen-bond donors (Lipinski definition) is 2. The number of hydrogen-bond acceptors (Lipinski definition) is 1. The van der Waals surface area contributed by atoms with Crippen LogP contribution >= 0.6 is 16.4 Å². The summed E-state index contributed by atoms with van der Waals surface area (Å²) in [4.78, 5) is 24.3. The zero-order valence-electron chi connectivity index (χ0n) is 22.6. The van der Waals surface area contributed by atoms with E-state index in [2.05, 4.69) is 62.3 Å². The summed E-state index contributed by atoms with van der Waals surface area (Å²) < 4.78 is 13.6. The average molecular weight is 513 g/mol. The van der Waals surface area contributed by atoms with Crippen molar-refractivity contribution in [3.8, 4) is 0 Å². The van der Waals surface area contributed by atoms with E-state index in [-0.39, 0.29) is 16.2 Å². The molecule has 0 saturated carbocycles. The Morgan fingerprint density at radius 2 is 0.686 bits per heavy atom. The van der Waals surface area contributed by atoms with Crippen LogP contribution in [0.15, 0.2) is 87.5 Å². The van der Waals surface area contributed by atoms with E-state index in [0.717, 1.165) is 16.7 Å². The average Bonchev–Trinajstić information content (AvgIpc) is 2.72. The summed E-state index contributed by atoms with van der Waals surface area (Å²) in [5, 5.41) is 0. The third-order valence-electron chi connectivity index (χ3n) is 6.54. The molecule has 0 radical (unpaired) electrons. The minimum Gasteiger partial charge on any atom is -0.317 e. The Kier molecular flexibility index (Phi) is 7.32. The van der Waals surface area contributed by atoms with Gasteiger partial charge in [0.1, 0.15) is 0 Å². The summed E-state index contributed by atoms with van der Waals surface area (Å²) in [5.41, 5.74) is 3.23. The van der Waals surface area contributed by atoms with E-state index >= 15 is 0 Å². The lowest BCUT2D eigenvalue weighted by molar-refractivity contribution is 0.395. The summed E-state index contributed by atoms with van der Waals surface area (Å²) >= 11 is 0. The highest BCUT2D eigenvalue weighted by atomic mass is 32.8. The van der Waals surface area contributed by atoms with Crippen LogP contribution in [0.25, 0.3) is 0 Å². The van der Waals surface area contributed by atoms with Gasteiger partial charge >= 0.3 is 6.80 Å². The van der Waals surface area contributed by atoms with E-state index in [1.807, 2.05) is 72.8 Å². The highest BCUT2D eigenvalue weighted by molar-refractivity contribution is 8.76. The van der Waals surface area contributed by atoms with Gasteiger partial charge in [-0.3, -0.25) is 0 Å². The molecule has 190 valence electrons. The first kappa shape index (κ1) is 27.7. The normalized spacial score (nSPS) is 14.1. The molecule has 0 aliphatic rings. The van der Waals surface area contributed by atoms with E-state index in [0.29, 0.717) is 14.7 Å². The van der Waals surface area contributed by atoms with Gasteiger partial charge in [-0.1, -0.05) is 108 Å². The second-order valence-electron chi connectivity index (χ2n) is 12.4. The second kappa shape index (κ2) is 9.23. The van der Waals surface area contributed by atoms with Crippen molar-refractivity contribution in [2.75, 3.05) is 0 Å². The molecule has 2 N–H and O–H groups in total. The van der Waals surface area contributed by atoms with Crippen LogP contribution in [-0.4, -0.2) is 9.79 Å². The topological polar surface area (TPSA) is 57.5 Å². The van der Waals surface area contributed by atoms with Gasteiger partial charge in [0.25, 0.3) is 0 Å². The molecular formula is C30H41O3PS. The van der Waals surface area contributed by atoms with Crippen molar-refractivity contribution in [2.24, 2.45) is 0 Å². The molecule has 5 heteroatoms. The van der Waals surface area contributed by atoms with Crippen LogP contribution in [0.5, 0.6) is 0 Å². The van der Waals surface area contributed by atoms with E-state index in [1.54, 1.807) is 0 Å². The van der Waals surface area contributed by atoms with Crippen LogP contribution in [0.3, 0.4) is 0 Å². The SMILES string of the molecule is CC(C)(C)c1ccc(S(c2ccc(C(C)(C)C)cc2)(c2ccc(C(C)(C)C)cc2)P(=O)(O)O)cc1. The Hall–Kier alpha value is -1.84. The molecule has 3 aromatic carbocycles. The van der Waals surface area contributed by atoms with Gasteiger partial charge in [-0.05, 0) is 69.3 Å². The smallest absolute Gasteiger partial charge is 0.317 e. The zero-order valence-corrected chi connectivity index (χ0v) is 24.3. The molecule has 0 heterocycles. The van der Waals surface area contributed by atoms with Crippen LogP contribution < -0.4 is 0 Å². The van der Waals surface area contributed by atoms with Crippen molar-refractivity contribution in [1.29, 1.82) is 0 Å². The molecule has 3 nitrogen and oxygen atoms in total. The van der Waals surface area contributed by atoms with Gasteiger partial charge in [0.2, 0.25) is 0 Å². The maximum atomic E-state index is 13.6. The molecular weight excluding hydrogens is 471 g/mol. The van der Waals surface area contributed by atoms with Gasteiger partial charge < -0.3 is 9.79 Å². The van der Waals surface area contributed by atoms with Crippen molar-refractivity contribution in [3.05, 3.63) is 89.5 Å². The molecule has 0 atom stereocenters. The van der Waals surface area contributed by atoms with Crippen LogP contribution in [0.2, 0.25) is 0 Å². The minimum absolute atomic E-state index is 0.0542. The molecule has 0 spiro atoms. The molecule has 0 unspecified atom stereocenters. The standard InChI is InChI=1S/C30H41O3PS/c1-28(2,3)22-10-16-25(17-11-22)35(34(31,32)33,26-18-12-23(13-19-26)29(4,5)6)27-20-14-24(15-21-27)30(7,8)9/h10-21H,1-9H3,(H2,31,32,33). The largest absolute Gasteiger partial charge is 0.378 e. The molecule has 0 aliphatic carbocycles. The first-order valence-corrected chi connectivity index (χ1v) is 15.9. The quantitative estimate of drug-likeness (QED) is 0.343. The lowest BCUT2D eigenvalue weighted by Crippen LogP contribution is -2.13. The molecule has 0 aliphatic heterocycles. The van der Waals surface area contributed by atoms with Gasteiger partial charge in [-0.25, -0.2) is 4.57 Å². The second-order valence-corrected chi connectivity index (χ2v) is 19.0. The van der Waals surface area contributed by atoms with Gasteiger partial charge in [0.15, 0.2) is 0 Å². The first-order chi connectivity index (χ1) is 15.9. The van der Waals surface area contributed by atoms with Crippen molar-refractivity contribution < 1.29 is 14.4 Å². The van der Waals surface area contributed by atoms with Crippen LogP contribution in [-0.2, 0) is 20.8 Å². The fourth-order valence-electron chi connectivity index (χ4n) is 4.28. The Labute approximate surface area is 213 Å². The van der Waals surface area contributed by atoms with Crippen LogP contribution in [0, 0.1) is 0 Å². The van der Waals surface area contributed by atoms with Crippen molar-refractivity contribution in [3.63, 3.8) is 0 Å². The van der Waals surface area contributed by atoms with Gasteiger partial charge in [0, 0.05) is 14.7 Å². The highest BCUT2D eigenvalue weighted by Gasteiger charge is 2.46. The summed E-state index contributed by atoms with van der Waals surface area (Å²) in [6.07, 6.45) is 0. The van der Waals surface area contributed by atoms with Crippen molar-refractivity contribution >= 4 is 16.4 Å². The Morgan fingerprint density at radius 1 is 0.486 bits per heavy atom. The number of benzene rings is 3. The third-order valence-corrected chi connectivity index (χ3v) is 14.2. The molecule has 3 aromatic rings. The lowest BCUT2D eigenvalue weighted by atomic mass is 9.87. The molecule has 0 saturated heterocycles. The van der Waals surface area contributed by atoms with Gasteiger partial charge in [0.05, 0.1) is 0 Å². The summed E-state index contributed by atoms with van der Waals surface area (Å²) in [6, 6.07) is 23.6. The van der Waals surface area contributed by atoms with Crippen molar-refractivity contribution in [2.45, 2.75) is 93.2 Å². The predicted octanol–water partition coefficient (Wildman–Crippen LogP) is 8.95. The monoisotopic (exact) mass is 512 g/mol.